The zero-order valence-electron chi connectivity index (χ0n) is 12.2. The number of hydrogen-bond acceptors (Lipinski definition) is 4. The molecular weight excluding hydrogens is 260 g/mol. The van der Waals surface area contributed by atoms with Gasteiger partial charge in [-0.2, -0.15) is 4.98 Å². The molecule has 0 bridgehead atoms. The van der Waals surface area contributed by atoms with Crippen LogP contribution in [-0.4, -0.2) is 17.0 Å². The van der Waals surface area contributed by atoms with Crippen molar-refractivity contribution in [3.63, 3.8) is 0 Å². The van der Waals surface area contributed by atoms with Crippen LogP contribution in [0.15, 0.2) is 48.5 Å². The molecule has 0 aliphatic heterocycles. The van der Waals surface area contributed by atoms with Gasteiger partial charge in [-0.3, -0.25) is 0 Å². The molecule has 0 fully saturated rings. The average Bonchev–Trinajstić information content (AvgIpc) is 2.53. The van der Waals surface area contributed by atoms with E-state index >= 15 is 0 Å². The van der Waals surface area contributed by atoms with Crippen molar-refractivity contribution in [2.75, 3.05) is 17.7 Å². The number of nitrogen functional groups attached to an aromatic ring is 1. The maximum Gasteiger partial charge on any atom is 0.222 e. The number of rotatable bonds is 3. The van der Waals surface area contributed by atoms with Crippen LogP contribution < -0.4 is 10.6 Å². The maximum atomic E-state index is 5.84. The van der Waals surface area contributed by atoms with E-state index in [9.17, 15) is 0 Å². The third kappa shape index (κ3) is 2.52. The summed E-state index contributed by atoms with van der Waals surface area (Å²) in [5.74, 6) is 1.11. The number of anilines is 3. The van der Waals surface area contributed by atoms with Crippen molar-refractivity contribution in [1.29, 1.82) is 0 Å². The van der Waals surface area contributed by atoms with Gasteiger partial charge in [0.15, 0.2) is 0 Å². The third-order valence-corrected chi connectivity index (χ3v) is 3.65. The molecule has 1 heterocycles. The Morgan fingerprint density at radius 3 is 2.43 bits per heavy atom. The van der Waals surface area contributed by atoms with Gasteiger partial charge in [-0.05, 0) is 36.2 Å². The first-order valence-corrected chi connectivity index (χ1v) is 7.04. The molecule has 0 saturated heterocycles. The Morgan fingerprint density at radius 1 is 1.00 bits per heavy atom. The summed E-state index contributed by atoms with van der Waals surface area (Å²) in [5, 5.41) is 0.994. The molecule has 1 aromatic heterocycles. The van der Waals surface area contributed by atoms with Crippen molar-refractivity contribution >= 4 is 28.4 Å². The Morgan fingerprint density at radius 2 is 1.71 bits per heavy atom. The molecule has 106 valence electrons. The Bertz CT molecular complexity index is 765. The van der Waals surface area contributed by atoms with Crippen molar-refractivity contribution in [2.45, 2.75) is 13.3 Å². The van der Waals surface area contributed by atoms with E-state index in [1.165, 1.54) is 5.56 Å². The number of nitrogens with two attached hydrogens (primary N) is 1. The fraction of sp³-hybridized carbons (Fsp3) is 0.176. The van der Waals surface area contributed by atoms with Crippen LogP contribution in [0.1, 0.15) is 12.5 Å². The van der Waals surface area contributed by atoms with Crippen molar-refractivity contribution in [2.24, 2.45) is 0 Å². The maximum absolute atomic E-state index is 5.84. The van der Waals surface area contributed by atoms with Crippen molar-refractivity contribution < 1.29 is 0 Å². The minimum Gasteiger partial charge on any atom is -0.368 e. The summed E-state index contributed by atoms with van der Waals surface area (Å²) >= 11 is 0. The van der Waals surface area contributed by atoms with E-state index in [4.69, 9.17) is 5.73 Å². The zero-order valence-corrected chi connectivity index (χ0v) is 12.2. The van der Waals surface area contributed by atoms with Gasteiger partial charge < -0.3 is 10.6 Å². The largest absolute Gasteiger partial charge is 0.368 e. The normalized spacial score (nSPS) is 10.8. The van der Waals surface area contributed by atoms with E-state index in [1.54, 1.807) is 0 Å². The Hall–Kier alpha value is -2.62. The van der Waals surface area contributed by atoms with Crippen LogP contribution in [0.5, 0.6) is 0 Å². The third-order valence-electron chi connectivity index (χ3n) is 3.65. The molecule has 3 rings (SSSR count). The number of fused-ring (bicyclic) bond motifs is 1. The van der Waals surface area contributed by atoms with Gasteiger partial charge >= 0.3 is 0 Å². The van der Waals surface area contributed by atoms with Crippen molar-refractivity contribution in [1.82, 2.24) is 9.97 Å². The van der Waals surface area contributed by atoms with Crippen LogP contribution in [0.3, 0.4) is 0 Å². The summed E-state index contributed by atoms with van der Waals surface area (Å²) in [6.07, 6.45) is 1.04. The quantitative estimate of drug-likeness (QED) is 0.796. The molecule has 4 heteroatoms. The lowest BCUT2D eigenvalue weighted by Gasteiger charge is -2.20. The Kier molecular flexibility index (Phi) is 3.44. The smallest absolute Gasteiger partial charge is 0.222 e. The van der Waals surface area contributed by atoms with Crippen LogP contribution in [0.2, 0.25) is 0 Å². The van der Waals surface area contributed by atoms with E-state index in [1.807, 2.05) is 36.2 Å². The Balaban J connectivity index is 2.09. The summed E-state index contributed by atoms with van der Waals surface area (Å²) in [4.78, 5) is 10.7. The van der Waals surface area contributed by atoms with Crippen LogP contribution in [0, 0.1) is 0 Å². The number of aryl methyl sites for hydroxylation is 1. The molecule has 2 N–H and O–H groups in total. The summed E-state index contributed by atoms with van der Waals surface area (Å²) in [6, 6.07) is 16.4. The fourth-order valence-electron chi connectivity index (χ4n) is 2.41. The summed E-state index contributed by atoms with van der Waals surface area (Å²) < 4.78 is 0. The van der Waals surface area contributed by atoms with Gasteiger partial charge in [0.05, 0.1) is 5.52 Å². The lowest BCUT2D eigenvalue weighted by Crippen LogP contribution is -2.13. The van der Waals surface area contributed by atoms with Crippen LogP contribution in [0.4, 0.5) is 17.5 Å². The molecule has 2 aromatic carbocycles. The topological polar surface area (TPSA) is 55.0 Å². The highest BCUT2D eigenvalue weighted by molar-refractivity contribution is 5.92. The highest BCUT2D eigenvalue weighted by Crippen LogP contribution is 2.29. The minimum absolute atomic E-state index is 0.292. The molecular formula is C17H18N4. The predicted octanol–water partition coefficient (Wildman–Crippen LogP) is 3.54. The number of para-hydroxylation sites is 1. The van der Waals surface area contributed by atoms with E-state index in [-0.39, 0.29) is 0 Å². The second-order valence-corrected chi connectivity index (χ2v) is 5.00. The number of hydrogen-bond donors (Lipinski definition) is 1. The van der Waals surface area contributed by atoms with Gasteiger partial charge in [0.25, 0.3) is 0 Å². The molecule has 4 nitrogen and oxygen atoms in total. The van der Waals surface area contributed by atoms with E-state index in [0.29, 0.717) is 5.95 Å². The summed E-state index contributed by atoms with van der Waals surface area (Å²) in [5.41, 5.74) is 9.09. The Labute approximate surface area is 124 Å². The molecule has 0 amide bonds. The van der Waals surface area contributed by atoms with Crippen LogP contribution in [0.25, 0.3) is 10.9 Å². The minimum atomic E-state index is 0.292. The summed E-state index contributed by atoms with van der Waals surface area (Å²) in [6.45, 7) is 2.15. The van der Waals surface area contributed by atoms with E-state index in [2.05, 4.69) is 41.2 Å². The molecule has 0 spiro atoms. The van der Waals surface area contributed by atoms with Gasteiger partial charge in [-0.1, -0.05) is 31.2 Å². The fourth-order valence-corrected chi connectivity index (χ4v) is 2.41. The van der Waals surface area contributed by atoms with E-state index < -0.39 is 0 Å². The monoisotopic (exact) mass is 278 g/mol. The molecule has 0 aliphatic carbocycles. The first-order valence-electron chi connectivity index (χ1n) is 7.04. The highest BCUT2D eigenvalue weighted by Gasteiger charge is 2.11. The lowest BCUT2D eigenvalue weighted by atomic mass is 10.1. The SMILES string of the molecule is CCc1ccc(N(C)c2nc(N)nc3ccccc23)cc1. The van der Waals surface area contributed by atoms with Crippen molar-refractivity contribution in [3.05, 3.63) is 54.1 Å². The van der Waals surface area contributed by atoms with Gasteiger partial charge in [-0.25, -0.2) is 4.98 Å². The van der Waals surface area contributed by atoms with Crippen LogP contribution >= 0.6 is 0 Å². The first kappa shape index (κ1) is 13.4. The molecule has 0 unspecified atom stereocenters. The standard InChI is InChI=1S/C17H18N4/c1-3-12-8-10-13(11-9-12)21(2)16-14-6-4-5-7-15(14)19-17(18)20-16/h4-11H,3H2,1-2H3,(H2,18,19,20). The lowest BCUT2D eigenvalue weighted by molar-refractivity contribution is 1.10. The zero-order chi connectivity index (χ0) is 14.8. The van der Waals surface area contributed by atoms with Crippen molar-refractivity contribution in [3.8, 4) is 0 Å². The van der Waals surface area contributed by atoms with E-state index in [0.717, 1.165) is 28.8 Å². The van der Waals surface area contributed by atoms with Gasteiger partial charge in [0.1, 0.15) is 5.82 Å². The summed E-state index contributed by atoms with van der Waals surface area (Å²) in [7, 11) is 2.00. The molecule has 21 heavy (non-hydrogen) atoms. The second kappa shape index (κ2) is 5.40. The number of benzene rings is 2. The number of aromatic nitrogens is 2. The molecule has 0 radical (unpaired) electrons. The predicted molar refractivity (Wildman–Crippen MR) is 87.8 cm³/mol. The first-order chi connectivity index (χ1) is 10.2. The van der Waals surface area contributed by atoms with Gasteiger partial charge in [-0.15, -0.1) is 0 Å². The number of nitrogens with zero attached hydrogens (tertiary/aromatic N) is 3. The highest BCUT2D eigenvalue weighted by atomic mass is 15.2. The second-order valence-electron chi connectivity index (χ2n) is 5.00. The average molecular weight is 278 g/mol. The molecule has 3 aromatic rings. The van der Waals surface area contributed by atoms with Crippen LogP contribution in [-0.2, 0) is 6.42 Å². The van der Waals surface area contributed by atoms with Gasteiger partial charge in [0, 0.05) is 18.1 Å². The molecule has 0 aliphatic rings. The molecule has 0 atom stereocenters. The van der Waals surface area contributed by atoms with Gasteiger partial charge in [0.2, 0.25) is 5.95 Å². The molecule has 0 saturated carbocycles.